The summed E-state index contributed by atoms with van der Waals surface area (Å²) in [6.45, 7) is 8.66. The maximum absolute atomic E-state index is 11.6. The lowest BCUT2D eigenvalue weighted by molar-refractivity contribution is -0.148. The van der Waals surface area contributed by atoms with Gasteiger partial charge in [-0.2, -0.15) is 0 Å². The first-order valence-corrected chi connectivity index (χ1v) is 9.94. The molecule has 0 radical (unpaired) electrons. The fraction of sp³-hybridized carbons (Fsp3) is 0.857. The first kappa shape index (κ1) is 21.4. The average molecular weight is 369 g/mol. The van der Waals surface area contributed by atoms with E-state index >= 15 is 0 Å². The molecule has 5 nitrogen and oxygen atoms in total. The quantitative estimate of drug-likeness (QED) is 0.506. The van der Waals surface area contributed by atoms with E-state index in [0.717, 1.165) is 19.3 Å². The van der Waals surface area contributed by atoms with Gasteiger partial charge in [-0.05, 0) is 38.0 Å². The standard InChI is InChI=1S/C21H36O5/c1-13-7-9-17(25-18(13)12-20(22)24-6)10-8-14(2)21-15(3)11-19(26-21)16(4)23-5/h8,10,13-19,21H,7,9,11-12H2,1-6H3/b10-8+/t13-,14+,15+,16+,17+,18+,19-,21+/m1/s1. The first-order valence-electron chi connectivity index (χ1n) is 9.94. The van der Waals surface area contributed by atoms with Crippen molar-refractivity contribution in [2.75, 3.05) is 14.2 Å². The van der Waals surface area contributed by atoms with Crippen molar-refractivity contribution in [1.82, 2.24) is 0 Å². The van der Waals surface area contributed by atoms with Gasteiger partial charge in [0.05, 0.1) is 44.1 Å². The van der Waals surface area contributed by atoms with Crippen molar-refractivity contribution in [3.8, 4) is 0 Å². The maximum Gasteiger partial charge on any atom is 0.308 e. The molecular weight excluding hydrogens is 332 g/mol. The topological polar surface area (TPSA) is 54.0 Å². The minimum Gasteiger partial charge on any atom is -0.469 e. The molecule has 0 spiro atoms. The molecule has 0 aromatic carbocycles. The van der Waals surface area contributed by atoms with Gasteiger partial charge in [0.25, 0.3) is 0 Å². The Morgan fingerprint density at radius 2 is 1.88 bits per heavy atom. The van der Waals surface area contributed by atoms with Crippen LogP contribution in [0.25, 0.3) is 0 Å². The summed E-state index contributed by atoms with van der Waals surface area (Å²) in [5, 5.41) is 0. The lowest BCUT2D eigenvalue weighted by Crippen LogP contribution is -2.35. The van der Waals surface area contributed by atoms with Gasteiger partial charge >= 0.3 is 5.97 Å². The molecule has 0 N–H and O–H groups in total. The summed E-state index contributed by atoms with van der Waals surface area (Å²) in [6, 6.07) is 0. The van der Waals surface area contributed by atoms with Crippen molar-refractivity contribution in [3.63, 3.8) is 0 Å². The van der Waals surface area contributed by atoms with Crippen LogP contribution in [-0.4, -0.2) is 50.7 Å². The zero-order valence-electron chi connectivity index (χ0n) is 17.1. The van der Waals surface area contributed by atoms with Gasteiger partial charge in [-0.1, -0.05) is 32.9 Å². The van der Waals surface area contributed by atoms with Crippen molar-refractivity contribution in [1.29, 1.82) is 0 Å². The smallest absolute Gasteiger partial charge is 0.308 e. The third kappa shape index (κ3) is 5.54. The summed E-state index contributed by atoms with van der Waals surface area (Å²) in [4.78, 5) is 11.6. The lowest BCUT2D eigenvalue weighted by atomic mass is 9.89. The molecule has 8 atom stereocenters. The molecule has 0 aromatic heterocycles. The molecule has 2 aliphatic heterocycles. The van der Waals surface area contributed by atoms with Gasteiger partial charge in [-0.3, -0.25) is 4.79 Å². The van der Waals surface area contributed by atoms with E-state index < -0.39 is 0 Å². The fourth-order valence-electron chi connectivity index (χ4n) is 4.08. The van der Waals surface area contributed by atoms with Crippen LogP contribution in [0.4, 0.5) is 0 Å². The molecule has 0 saturated carbocycles. The Kier molecular flexibility index (Phi) is 8.11. The molecule has 2 aliphatic rings. The molecule has 2 fully saturated rings. The van der Waals surface area contributed by atoms with Crippen LogP contribution in [0, 0.1) is 17.8 Å². The highest BCUT2D eigenvalue weighted by Crippen LogP contribution is 2.34. The average Bonchev–Trinajstić information content (AvgIpc) is 3.03. The molecular formula is C21H36O5. The third-order valence-corrected chi connectivity index (χ3v) is 6.03. The fourth-order valence-corrected chi connectivity index (χ4v) is 4.08. The summed E-state index contributed by atoms with van der Waals surface area (Å²) in [7, 11) is 3.16. The van der Waals surface area contributed by atoms with Gasteiger partial charge in [-0.25, -0.2) is 0 Å². The van der Waals surface area contributed by atoms with Crippen LogP contribution in [0.2, 0.25) is 0 Å². The van der Waals surface area contributed by atoms with Crippen molar-refractivity contribution in [2.24, 2.45) is 17.8 Å². The van der Waals surface area contributed by atoms with E-state index in [1.807, 2.05) is 0 Å². The zero-order valence-corrected chi connectivity index (χ0v) is 17.1. The SMILES string of the molecule is COC(=O)C[C@@H]1O[C@H](/C=C/[C@H](C)[C@@H]2O[C@@H]([C@H](C)OC)C[C@@H]2C)CC[C@H]1C. The Morgan fingerprint density at radius 1 is 1.15 bits per heavy atom. The number of hydrogen-bond acceptors (Lipinski definition) is 5. The molecule has 0 aliphatic carbocycles. The highest BCUT2D eigenvalue weighted by Gasteiger charge is 2.37. The van der Waals surface area contributed by atoms with Gasteiger partial charge in [0, 0.05) is 13.0 Å². The van der Waals surface area contributed by atoms with Crippen LogP contribution in [0.1, 0.15) is 53.4 Å². The largest absolute Gasteiger partial charge is 0.469 e. The second-order valence-corrected chi connectivity index (χ2v) is 8.08. The Hall–Kier alpha value is -0.910. The summed E-state index contributed by atoms with van der Waals surface area (Å²) in [5.74, 6) is 1.01. The van der Waals surface area contributed by atoms with Crippen LogP contribution in [0.3, 0.4) is 0 Å². The minimum atomic E-state index is -0.202. The molecule has 2 rings (SSSR count). The molecule has 150 valence electrons. The summed E-state index contributed by atoms with van der Waals surface area (Å²) in [6.07, 6.45) is 8.31. The Bertz CT molecular complexity index is 477. The van der Waals surface area contributed by atoms with E-state index in [4.69, 9.17) is 18.9 Å². The second-order valence-electron chi connectivity index (χ2n) is 8.08. The molecule has 26 heavy (non-hydrogen) atoms. The number of esters is 1. The zero-order chi connectivity index (χ0) is 19.3. The lowest BCUT2D eigenvalue weighted by Gasteiger charge is -2.33. The molecule has 2 saturated heterocycles. The number of carbonyl (C=O) groups is 1. The Labute approximate surface area is 158 Å². The molecule has 0 amide bonds. The number of methoxy groups -OCH3 is 2. The summed E-state index contributed by atoms with van der Waals surface area (Å²) < 4.78 is 22.6. The highest BCUT2D eigenvalue weighted by atomic mass is 16.5. The van der Waals surface area contributed by atoms with Crippen LogP contribution in [0.5, 0.6) is 0 Å². The van der Waals surface area contributed by atoms with Crippen LogP contribution < -0.4 is 0 Å². The first-order chi connectivity index (χ1) is 12.3. The number of ether oxygens (including phenoxy) is 4. The highest BCUT2D eigenvalue weighted by molar-refractivity contribution is 5.69. The molecule has 0 aromatic rings. The summed E-state index contributed by atoms with van der Waals surface area (Å²) >= 11 is 0. The molecule has 0 unspecified atom stereocenters. The molecule has 2 heterocycles. The van der Waals surface area contributed by atoms with Crippen molar-refractivity contribution in [3.05, 3.63) is 12.2 Å². The van der Waals surface area contributed by atoms with E-state index in [9.17, 15) is 4.79 Å². The predicted molar refractivity (Wildman–Crippen MR) is 101 cm³/mol. The minimum absolute atomic E-state index is 0.0604. The number of carbonyl (C=O) groups excluding carboxylic acids is 1. The van der Waals surface area contributed by atoms with E-state index in [0.29, 0.717) is 24.2 Å². The van der Waals surface area contributed by atoms with Gasteiger partial charge in [0.1, 0.15) is 0 Å². The van der Waals surface area contributed by atoms with E-state index in [1.54, 1.807) is 7.11 Å². The Morgan fingerprint density at radius 3 is 2.54 bits per heavy atom. The van der Waals surface area contributed by atoms with E-state index in [1.165, 1.54) is 7.11 Å². The van der Waals surface area contributed by atoms with Crippen molar-refractivity contribution in [2.45, 2.75) is 83.9 Å². The van der Waals surface area contributed by atoms with Crippen molar-refractivity contribution < 1.29 is 23.7 Å². The molecule has 5 heteroatoms. The number of rotatable bonds is 7. The predicted octanol–water partition coefficient (Wildman–Crippen LogP) is 3.75. The van der Waals surface area contributed by atoms with Gasteiger partial charge in [0.2, 0.25) is 0 Å². The van der Waals surface area contributed by atoms with E-state index in [2.05, 4.69) is 39.8 Å². The van der Waals surface area contributed by atoms with Gasteiger partial charge in [-0.15, -0.1) is 0 Å². The second kappa shape index (κ2) is 9.86. The monoisotopic (exact) mass is 368 g/mol. The van der Waals surface area contributed by atoms with Crippen molar-refractivity contribution >= 4 is 5.97 Å². The summed E-state index contributed by atoms with van der Waals surface area (Å²) in [5.41, 5.74) is 0. The van der Waals surface area contributed by atoms with Crippen LogP contribution >= 0.6 is 0 Å². The molecule has 0 bridgehead atoms. The van der Waals surface area contributed by atoms with Gasteiger partial charge < -0.3 is 18.9 Å². The van der Waals surface area contributed by atoms with E-state index in [-0.39, 0.29) is 36.5 Å². The van der Waals surface area contributed by atoms with Crippen LogP contribution in [0.15, 0.2) is 12.2 Å². The van der Waals surface area contributed by atoms with Crippen LogP contribution in [-0.2, 0) is 23.7 Å². The normalized spacial score (nSPS) is 37.6. The Balaban J connectivity index is 1.89. The maximum atomic E-state index is 11.6. The number of hydrogen-bond donors (Lipinski definition) is 0. The third-order valence-electron chi connectivity index (χ3n) is 6.03. The van der Waals surface area contributed by atoms with Gasteiger partial charge in [0.15, 0.2) is 0 Å².